The van der Waals surface area contributed by atoms with Gasteiger partial charge in [0.25, 0.3) is 5.91 Å². The number of aromatic amines is 1. The van der Waals surface area contributed by atoms with Gasteiger partial charge in [-0.15, -0.1) is 0 Å². The molecule has 1 aliphatic heterocycles. The fourth-order valence-electron chi connectivity index (χ4n) is 1.63. The van der Waals surface area contributed by atoms with Crippen LogP contribution in [-0.2, 0) is 17.8 Å². The van der Waals surface area contributed by atoms with E-state index in [9.17, 15) is 4.79 Å². The van der Waals surface area contributed by atoms with Gasteiger partial charge in [0.1, 0.15) is 0 Å². The van der Waals surface area contributed by atoms with Crippen LogP contribution in [0.1, 0.15) is 35.6 Å². The highest BCUT2D eigenvalue weighted by molar-refractivity contribution is 5.94. The number of hydrogen-bond donors (Lipinski definition) is 2. The summed E-state index contributed by atoms with van der Waals surface area (Å²) in [6.45, 7) is 5.02. The second-order valence-corrected chi connectivity index (χ2v) is 3.96. The predicted octanol–water partition coefficient (Wildman–Crippen LogP) is 0.621. The van der Waals surface area contributed by atoms with Crippen molar-refractivity contribution in [2.75, 3.05) is 6.61 Å². The molecule has 0 saturated heterocycles. The zero-order chi connectivity index (χ0) is 10.8. The molecule has 82 valence electrons. The van der Waals surface area contributed by atoms with E-state index < -0.39 is 0 Å². The lowest BCUT2D eigenvalue weighted by molar-refractivity contribution is 0.0915. The summed E-state index contributed by atoms with van der Waals surface area (Å²) in [6, 6.07) is 0.120. The van der Waals surface area contributed by atoms with Crippen molar-refractivity contribution >= 4 is 5.91 Å². The number of ether oxygens (including phenoxy) is 1. The first-order valence-electron chi connectivity index (χ1n) is 5.13. The third-order valence-electron chi connectivity index (χ3n) is 2.33. The highest BCUT2D eigenvalue weighted by Crippen LogP contribution is 2.17. The molecule has 1 aliphatic rings. The molecule has 0 fully saturated rings. The number of H-pyrrole nitrogens is 1. The van der Waals surface area contributed by atoms with Crippen LogP contribution in [0.25, 0.3) is 0 Å². The van der Waals surface area contributed by atoms with Gasteiger partial charge in [0.2, 0.25) is 0 Å². The number of carbonyl (C=O) groups excluding carboxylic acids is 1. The van der Waals surface area contributed by atoms with E-state index in [4.69, 9.17) is 4.74 Å². The lowest BCUT2D eigenvalue weighted by atomic mass is 10.1. The largest absolute Gasteiger partial charge is 0.376 e. The number of fused-ring (bicyclic) bond motifs is 1. The monoisotopic (exact) mass is 209 g/mol. The van der Waals surface area contributed by atoms with Crippen LogP contribution in [0.2, 0.25) is 0 Å². The number of rotatable bonds is 2. The molecule has 2 heterocycles. The maximum Gasteiger partial charge on any atom is 0.272 e. The van der Waals surface area contributed by atoms with Gasteiger partial charge >= 0.3 is 0 Å². The van der Waals surface area contributed by atoms with Crippen LogP contribution in [0.15, 0.2) is 0 Å². The van der Waals surface area contributed by atoms with Crippen LogP contribution in [0.4, 0.5) is 0 Å². The summed E-state index contributed by atoms with van der Waals surface area (Å²) in [5.41, 5.74) is 2.40. The average molecular weight is 209 g/mol. The van der Waals surface area contributed by atoms with Crippen molar-refractivity contribution in [3.63, 3.8) is 0 Å². The molecule has 5 nitrogen and oxygen atoms in total. The van der Waals surface area contributed by atoms with Crippen LogP contribution in [0, 0.1) is 0 Å². The lowest BCUT2D eigenvalue weighted by Crippen LogP contribution is -2.31. The van der Waals surface area contributed by atoms with Crippen LogP contribution in [-0.4, -0.2) is 28.8 Å². The highest BCUT2D eigenvalue weighted by atomic mass is 16.5. The number of amides is 1. The number of aromatic nitrogens is 2. The molecule has 2 N–H and O–H groups in total. The lowest BCUT2D eigenvalue weighted by Gasteiger charge is -2.13. The topological polar surface area (TPSA) is 67.0 Å². The zero-order valence-electron chi connectivity index (χ0n) is 8.96. The fraction of sp³-hybridized carbons (Fsp3) is 0.600. The Labute approximate surface area is 88.2 Å². The van der Waals surface area contributed by atoms with Crippen molar-refractivity contribution in [2.24, 2.45) is 0 Å². The molecule has 1 aromatic heterocycles. The Kier molecular flexibility index (Phi) is 2.73. The summed E-state index contributed by atoms with van der Waals surface area (Å²) in [5, 5.41) is 9.74. The molecule has 0 saturated carbocycles. The van der Waals surface area contributed by atoms with Crippen molar-refractivity contribution in [1.82, 2.24) is 15.5 Å². The van der Waals surface area contributed by atoms with Crippen molar-refractivity contribution in [3.05, 3.63) is 17.0 Å². The number of hydrogen-bond acceptors (Lipinski definition) is 3. The third-order valence-corrected chi connectivity index (χ3v) is 2.33. The van der Waals surface area contributed by atoms with E-state index in [-0.39, 0.29) is 11.9 Å². The van der Waals surface area contributed by atoms with Gasteiger partial charge < -0.3 is 10.1 Å². The molecule has 0 aliphatic carbocycles. The minimum Gasteiger partial charge on any atom is -0.376 e. The molecular formula is C10H15N3O2. The predicted molar refractivity (Wildman–Crippen MR) is 54.5 cm³/mol. The zero-order valence-corrected chi connectivity index (χ0v) is 8.96. The van der Waals surface area contributed by atoms with Crippen LogP contribution in [0.5, 0.6) is 0 Å². The summed E-state index contributed by atoms with van der Waals surface area (Å²) >= 11 is 0. The summed E-state index contributed by atoms with van der Waals surface area (Å²) in [6.07, 6.45) is 0.803. The van der Waals surface area contributed by atoms with E-state index >= 15 is 0 Å². The SMILES string of the molecule is CC(C)NC(=O)c1n[nH]c2c1COCC2. The first-order chi connectivity index (χ1) is 7.18. The first-order valence-corrected chi connectivity index (χ1v) is 5.13. The molecule has 2 rings (SSSR count). The molecule has 1 amide bonds. The minimum absolute atomic E-state index is 0.120. The van der Waals surface area contributed by atoms with Gasteiger partial charge in [0, 0.05) is 23.7 Å². The quantitative estimate of drug-likeness (QED) is 0.750. The molecule has 5 heteroatoms. The van der Waals surface area contributed by atoms with E-state index in [1.165, 1.54) is 0 Å². The summed E-state index contributed by atoms with van der Waals surface area (Å²) in [7, 11) is 0. The smallest absolute Gasteiger partial charge is 0.272 e. The van der Waals surface area contributed by atoms with Crippen molar-refractivity contribution in [3.8, 4) is 0 Å². The van der Waals surface area contributed by atoms with Gasteiger partial charge in [-0.3, -0.25) is 9.89 Å². The van der Waals surface area contributed by atoms with Gasteiger partial charge in [0.05, 0.1) is 13.2 Å². The summed E-state index contributed by atoms with van der Waals surface area (Å²) < 4.78 is 5.31. The summed E-state index contributed by atoms with van der Waals surface area (Å²) in [5.74, 6) is -0.131. The molecule has 15 heavy (non-hydrogen) atoms. The standard InChI is InChI=1S/C10H15N3O2/c1-6(2)11-10(14)9-7-5-15-4-3-8(7)12-13-9/h6H,3-5H2,1-2H3,(H,11,14)(H,12,13). The minimum atomic E-state index is -0.131. The van der Waals surface area contributed by atoms with Crippen molar-refractivity contribution in [2.45, 2.75) is 32.9 Å². The Morgan fingerprint density at radius 1 is 1.60 bits per heavy atom. The molecule has 0 spiro atoms. The Hall–Kier alpha value is -1.36. The van der Waals surface area contributed by atoms with Gasteiger partial charge in [-0.1, -0.05) is 0 Å². The third kappa shape index (κ3) is 2.02. The molecular weight excluding hydrogens is 194 g/mol. The van der Waals surface area contributed by atoms with Crippen LogP contribution < -0.4 is 5.32 Å². The summed E-state index contributed by atoms with van der Waals surface area (Å²) in [4.78, 5) is 11.7. The molecule has 1 aromatic rings. The Balaban J connectivity index is 2.21. The van der Waals surface area contributed by atoms with E-state index in [0.717, 1.165) is 17.7 Å². The normalized spacial score (nSPS) is 15.1. The van der Waals surface area contributed by atoms with E-state index in [2.05, 4.69) is 15.5 Å². The molecule has 0 radical (unpaired) electrons. The van der Waals surface area contributed by atoms with Crippen LogP contribution in [0.3, 0.4) is 0 Å². The number of nitrogens with zero attached hydrogens (tertiary/aromatic N) is 1. The fourth-order valence-corrected chi connectivity index (χ4v) is 1.63. The molecule has 0 atom stereocenters. The van der Waals surface area contributed by atoms with Crippen molar-refractivity contribution in [1.29, 1.82) is 0 Å². The number of carbonyl (C=O) groups is 1. The molecule has 0 aromatic carbocycles. The molecule has 0 bridgehead atoms. The van der Waals surface area contributed by atoms with Gasteiger partial charge in [-0.2, -0.15) is 5.10 Å². The van der Waals surface area contributed by atoms with E-state index in [0.29, 0.717) is 18.9 Å². The highest BCUT2D eigenvalue weighted by Gasteiger charge is 2.22. The maximum absolute atomic E-state index is 11.7. The average Bonchev–Trinajstić information content (AvgIpc) is 2.59. The van der Waals surface area contributed by atoms with E-state index in [1.54, 1.807) is 0 Å². The van der Waals surface area contributed by atoms with Gasteiger partial charge in [0.15, 0.2) is 5.69 Å². The molecule has 0 unspecified atom stereocenters. The second kappa shape index (κ2) is 4.02. The van der Waals surface area contributed by atoms with E-state index in [1.807, 2.05) is 13.8 Å². The van der Waals surface area contributed by atoms with Crippen LogP contribution >= 0.6 is 0 Å². The second-order valence-electron chi connectivity index (χ2n) is 3.96. The Bertz CT molecular complexity index is 371. The Morgan fingerprint density at radius 3 is 3.13 bits per heavy atom. The van der Waals surface area contributed by atoms with Crippen molar-refractivity contribution < 1.29 is 9.53 Å². The number of nitrogens with one attached hydrogen (secondary N) is 2. The maximum atomic E-state index is 11.7. The van der Waals surface area contributed by atoms with Gasteiger partial charge in [-0.25, -0.2) is 0 Å². The Morgan fingerprint density at radius 2 is 2.40 bits per heavy atom. The first kappa shape index (κ1) is 10.2. The van der Waals surface area contributed by atoms with Gasteiger partial charge in [-0.05, 0) is 13.8 Å².